The minimum atomic E-state index is -0.558. The molecular formula is C23H23FN4O3. The van der Waals surface area contributed by atoms with Gasteiger partial charge >= 0.3 is 0 Å². The lowest BCUT2D eigenvalue weighted by Gasteiger charge is -2.18. The summed E-state index contributed by atoms with van der Waals surface area (Å²) in [6.45, 7) is 2.97. The first-order valence-corrected chi connectivity index (χ1v) is 10.1. The number of halogens is 1. The van der Waals surface area contributed by atoms with Crippen LogP contribution >= 0.6 is 0 Å². The van der Waals surface area contributed by atoms with E-state index in [-0.39, 0.29) is 30.5 Å². The lowest BCUT2D eigenvalue weighted by atomic mass is 10.1. The number of carbonyl (C=O) groups is 2. The van der Waals surface area contributed by atoms with Crippen molar-refractivity contribution in [3.63, 3.8) is 0 Å². The van der Waals surface area contributed by atoms with E-state index in [1.807, 2.05) is 12.3 Å². The van der Waals surface area contributed by atoms with Gasteiger partial charge < -0.3 is 15.0 Å². The first-order chi connectivity index (χ1) is 15.0. The maximum Gasteiger partial charge on any atom is 0.229 e. The summed E-state index contributed by atoms with van der Waals surface area (Å²) in [5.74, 6) is -0.946. The highest BCUT2D eigenvalue weighted by atomic mass is 19.1. The highest BCUT2D eigenvalue weighted by Crippen LogP contribution is 2.29. The third-order valence-corrected chi connectivity index (χ3v) is 5.14. The molecule has 0 aliphatic carbocycles. The van der Waals surface area contributed by atoms with E-state index in [0.717, 1.165) is 5.56 Å². The van der Waals surface area contributed by atoms with E-state index in [1.54, 1.807) is 54.2 Å². The first-order valence-electron chi connectivity index (χ1n) is 10.1. The first kappa shape index (κ1) is 20.6. The van der Waals surface area contributed by atoms with Gasteiger partial charge in [-0.25, -0.2) is 4.39 Å². The molecule has 0 saturated carbocycles. The number of hydrogen-bond donors (Lipinski definition) is 1. The summed E-state index contributed by atoms with van der Waals surface area (Å²) in [5, 5.41) is 6.95. The van der Waals surface area contributed by atoms with Gasteiger partial charge in [0.1, 0.15) is 18.2 Å². The maximum atomic E-state index is 14.3. The molecule has 1 aliphatic heterocycles. The predicted octanol–water partition coefficient (Wildman–Crippen LogP) is 3.40. The minimum Gasteiger partial charge on any atom is -0.492 e. The average molecular weight is 422 g/mol. The van der Waals surface area contributed by atoms with Gasteiger partial charge in [0.05, 0.1) is 18.2 Å². The van der Waals surface area contributed by atoms with Crippen LogP contribution in [0, 0.1) is 18.7 Å². The molecule has 2 aromatic carbocycles. The van der Waals surface area contributed by atoms with E-state index in [1.165, 1.54) is 11.0 Å². The second kappa shape index (κ2) is 8.99. The van der Waals surface area contributed by atoms with Crippen molar-refractivity contribution < 1.29 is 18.7 Å². The van der Waals surface area contributed by atoms with Crippen LogP contribution in [0.3, 0.4) is 0 Å². The molecule has 8 heteroatoms. The van der Waals surface area contributed by atoms with Gasteiger partial charge in [-0.05, 0) is 42.8 Å². The van der Waals surface area contributed by atoms with Gasteiger partial charge in [0.15, 0.2) is 0 Å². The topological polar surface area (TPSA) is 76.5 Å². The van der Waals surface area contributed by atoms with Crippen molar-refractivity contribution in [1.29, 1.82) is 0 Å². The molecule has 0 bridgehead atoms. The zero-order valence-corrected chi connectivity index (χ0v) is 17.1. The Bertz CT molecular complexity index is 1080. The highest BCUT2D eigenvalue weighted by molar-refractivity contribution is 6.03. The Hall–Kier alpha value is -3.68. The van der Waals surface area contributed by atoms with Crippen molar-refractivity contribution in [3.8, 4) is 5.75 Å². The van der Waals surface area contributed by atoms with Gasteiger partial charge in [-0.1, -0.05) is 12.1 Å². The summed E-state index contributed by atoms with van der Waals surface area (Å²) in [7, 11) is 0. The van der Waals surface area contributed by atoms with Crippen LogP contribution in [0.5, 0.6) is 5.75 Å². The SMILES string of the molecule is Cc1ccc(N2CC(C(=O)Nc3cccc(OCCn4cccn4)c3)CC2=O)c(F)c1. The monoisotopic (exact) mass is 422 g/mol. The zero-order chi connectivity index (χ0) is 21.8. The fraction of sp³-hybridized carbons (Fsp3) is 0.261. The molecular weight excluding hydrogens is 399 g/mol. The molecule has 0 spiro atoms. The number of ether oxygens (including phenoxy) is 1. The Kier molecular flexibility index (Phi) is 5.97. The number of nitrogens with zero attached hydrogens (tertiary/aromatic N) is 3. The fourth-order valence-electron chi connectivity index (χ4n) is 3.54. The van der Waals surface area contributed by atoms with Gasteiger partial charge in [0, 0.05) is 37.1 Å². The Morgan fingerprint density at radius 2 is 2.13 bits per heavy atom. The molecule has 1 fully saturated rings. The number of carbonyl (C=O) groups excluding carboxylic acids is 2. The van der Waals surface area contributed by atoms with Gasteiger partial charge in [0.25, 0.3) is 0 Å². The second-order valence-electron chi connectivity index (χ2n) is 7.49. The summed E-state index contributed by atoms with van der Waals surface area (Å²) in [6.07, 6.45) is 3.60. The minimum absolute atomic E-state index is 0.0409. The van der Waals surface area contributed by atoms with E-state index in [9.17, 15) is 14.0 Å². The van der Waals surface area contributed by atoms with Crippen LogP contribution in [0.4, 0.5) is 15.8 Å². The van der Waals surface area contributed by atoms with Crippen LogP contribution < -0.4 is 15.0 Å². The Morgan fingerprint density at radius 3 is 2.90 bits per heavy atom. The second-order valence-corrected chi connectivity index (χ2v) is 7.49. The van der Waals surface area contributed by atoms with E-state index in [2.05, 4.69) is 10.4 Å². The van der Waals surface area contributed by atoms with Crippen molar-refractivity contribution in [1.82, 2.24) is 9.78 Å². The lowest BCUT2D eigenvalue weighted by Crippen LogP contribution is -2.28. The third-order valence-electron chi connectivity index (χ3n) is 5.14. The van der Waals surface area contributed by atoms with Crippen LogP contribution in [0.15, 0.2) is 60.9 Å². The Labute approximate surface area is 179 Å². The molecule has 160 valence electrons. The van der Waals surface area contributed by atoms with Crippen molar-refractivity contribution >= 4 is 23.2 Å². The standard InChI is InChI=1S/C23H23FN4O3/c1-16-6-7-21(20(24)12-16)28-15-17(13-22(28)29)23(30)26-18-4-2-5-19(14-18)31-11-10-27-9-3-8-25-27/h2-9,12,14,17H,10-11,13,15H2,1H3,(H,26,30). The number of benzene rings is 2. The van der Waals surface area contributed by atoms with Crippen LogP contribution in [-0.4, -0.2) is 34.7 Å². The predicted molar refractivity (Wildman–Crippen MR) is 114 cm³/mol. The number of hydrogen-bond acceptors (Lipinski definition) is 4. The molecule has 4 rings (SSSR count). The molecule has 1 N–H and O–H groups in total. The number of amides is 2. The summed E-state index contributed by atoms with van der Waals surface area (Å²) in [6, 6.07) is 13.6. The van der Waals surface area contributed by atoms with Crippen LogP contribution in [-0.2, 0) is 16.1 Å². The molecule has 2 amide bonds. The van der Waals surface area contributed by atoms with Gasteiger partial charge in [0.2, 0.25) is 11.8 Å². The van der Waals surface area contributed by atoms with E-state index in [4.69, 9.17) is 4.74 Å². The molecule has 0 radical (unpaired) electrons. The number of aryl methyl sites for hydroxylation is 1. The molecule has 1 unspecified atom stereocenters. The number of nitrogens with one attached hydrogen (secondary N) is 1. The number of rotatable bonds is 7. The normalized spacial score (nSPS) is 15.9. The van der Waals surface area contributed by atoms with Crippen molar-refractivity contribution in [3.05, 3.63) is 72.3 Å². The summed E-state index contributed by atoms with van der Waals surface area (Å²) < 4.78 is 21.8. The van der Waals surface area contributed by atoms with Crippen LogP contribution in [0.2, 0.25) is 0 Å². The summed E-state index contributed by atoms with van der Waals surface area (Å²) in [5.41, 5.74) is 1.56. The number of anilines is 2. The molecule has 7 nitrogen and oxygen atoms in total. The van der Waals surface area contributed by atoms with Crippen molar-refractivity contribution in [2.75, 3.05) is 23.4 Å². The molecule has 1 saturated heterocycles. The molecule has 2 heterocycles. The largest absolute Gasteiger partial charge is 0.492 e. The molecule has 3 aromatic rings. The Morgan fingerprint density at radius 1 is 1.26 bits per heavy atom. The van der Waals surface area contributed by atoms with Crippen molar-refractivity contribution in [2.24, 2.45) is 5.92 Å². The van der Waals surface area contributed by atoms with Gasteiger partial charge in [-0.15, -0.1) is 0 Å². The lowest BCUT2D eigenvalue weighted by molar-refractivity contribution is -0.122. The highest BCUT2D eigenvalue weighted by Gasteiger charge is 2.36. The quantitative estimate of drug-likeness (QED) is 0.633. The third kappa shape index (κ3) is 4.91. The van der Waals surface area contributed by atoms with E-state index in [0.29, 0.717) is 24.6 Å². The van der Waals surface area contributed by atoms with Crippen LogP contribution in [0.1, 0.15) is 12.0 Å². The van der Waals surface area contributed by atoms with E-state index < -0.39 is 11.7 Å². The van der Waals surface area contributed by atoms with Crippen molar-refractivity contribution in [2.45, 2.75) is 19.9 Å². The summed E-state index contributed by atoms with van der Waals surface area (Å²) in [4.78, 5) is 26.5. The molecule has 1 aliphatic rings. The van der Waals surface area contributed by atoms with E-state index >= 15 is 0 Å². The maximum absolute atomic E-state index is 14.3. The Balaban J connectivity index is 1.35. The van der Waals surface area contributed by atoms with Gasteiger partial charge in [-0.3, -0.25) is 14.3 Å². The molecule has 31 heavy (non-hydrogen) atoms. The summed E-state index contributed by atoms with van der Waals surface area (Å²) >= 11 is 0. The zero-order valence-electron chi connectivity index (χ0n) is 17.1. The average Bonchev–Trinajstić information content (AvgIpc) is 3.38. The molecule has 1 atom stereocenters. The smallest absolute Gasteiger partial charge is 0.229 e. The van der Waals surface area contributed by atoms with Crippen LogP contribution in [0.25, 0.3) is 0 Å². The number of aromatic nitrogens is 2. The fourth-order valence-corrected chi connectivity index (χ4v) is 3.54. The molecule has 1 aromatic heterocycles. The van der Waals surface area contributed by atoms with Gasteiger partial charge in [-0.2, -0.15) is 5.10 Å².